The second-order valence-corrected chi connectivity index (χ2v) is 8.47. The fourth-order valence-corrected chi connectivity index (χ4v) is 3.75. The van der Waals surface area contributed by atoms with Crippen molar-refractivity contribution in [2.75, 3.05) is 13.1 Å². The van der Waals surface area contributed by atoms with Crippen molar-refractivity contribution < 1.29 is 9.59 Å². The van der Waals surface area contributed by atoms with Crippen LogP contribution in [0.25, 0.3) is 0 Å². The molecule has 0 radical (unpaired) electrons. The molecule has 0 aromatic heterocycles. The first-order valence-corrected chi connectivity index (χ1v) is 9.74. The summed E-state index contributed by atoms with van der Waals surface area (Å²) in [5.74, 6) is 0.407. The normalized spacial score (nSPS) is 15.6. The van der Waals surface area contributed by atoms with Gasteiger partial charge in [0.25, 0.3) is 0 Å². The number of hydrogen-bond acceptors (Lipinski definition) is 3. The molecule has 0 spiro atoms. The SMILES string of the molecule is CC(C)C(=O)c1cccc(C(C)(C)C(=O)C2CN(Cc3ccccc3)C2)c1. The predicted octanol–water partition coefficient (Wildman–Crippen LogP) is 4.50. The minimum atomic E-state index is -0.587. The average Bonchev–Trinajstić information content (AvgIpc) is 2.64. The molecule has 0 atom stereocenters. The van der Waals surface area contributed by atoms with Gasteiger partial charge in [-0.1, -0.05) is 62.4 Å². The number of likely N-dealkylation sites (tertiary alicyclic amines) is 1. The predicted molar refractivity (Wildman–Crippen MR) is 109 cm³/mol. The van der Waals surface area contributed by atoms with E-state index in [0.29, 0.717) is 5.56 Å². The molecule has 2 aromatic carbocycles. The lowest BCUT2D eigenvalue weighted by molar-refractivity contribution is -0.133. The molecule has 3 rings (SSSR count). The molecule has 0 N–H and O–H groups in total. The van der Waals surface area contributed by atoms with Gasteiger partial charge in [-0.2, -0.15) is 0 Å². The fraction of sp³-hybridized carbons (Fsp3) is 0.417. The monoisotopic (exact) mass is 363 g/mol. The first-order chi connectivity index (χ1) is 12.8. The van der Waals surface area contributed by atoms with E-state index in [9.17, 15) is 9.59 Å². The van der Waals surface area contributed by atoms with Gasteiger partial charge in [0.15, 0.2) is 5.78 Å². The van der Waals surface area contributed by atoms with Crippen LogP contribution in [-0.4, -0.2) is 29.6 Å². The summed E-state index contributed by atoms with van der Waals surface area (Å²) in [6, 6.07) is 18.0. The van der Waals surface area contributed by atoms with Crippen LogP contribution in [0.3, 0.4) is 0 Å². The van der Waals surface area contributed by atoms with Crippen molar-refractivity contribution in [2.24, 2.45) is 11.8 Å². The number of carbonyl (C=O) groups is 2. The summed E-state index contributed by atoms with van der Waals surface area (Å²) >= 11 is 0. The van der Waals surface area contributed by atoms with E-state index in [1.807, 2.05) is 70.2 Å². The number of rotatable bonds is 7. The van der Waals surface area contributed by atoms with Crippen molar-refractivity contribution in [3.8, 4) is 0 Å². The Balaban J connectivity index is 1.66. The highest BCUT2D eigenvalue weighted by atomic mass is 16.1. The Hall–Kier alpha value is -2.26. The number of ketones is 2. The van der Waals surface area contributed by atoms with Crippen LogP contribution in [0.2, 0.25) is 0 Å². The van der Waals surface area contributed by atoms with E-state index in [4.69, 9.17) is 0 Å². The number of Topliss-reactive ketones (excluding diaryl/α,β-unsaturated/α-hetero) is 2. The molecule has 0 amide bonds. The van der Waals surface area contributed by atoms with Crippen molar-refractivity contribution in [1.82, 2.24) is 4.90 Å². The Morgan fingerprint density at radius 1 is 1.04 bits per heavy atom. The topological polar surface area (TPSA) is 37.4 Å². The fourth-order valence-electron chi connectivity index (χ4n) is 3.75. The van der Waals surface area contributed by atoms with Gasteiger partial charge in [0.2, 0.25) is 0 Å². The first-order valence-electron chi connectivity index (χ1n) is 9.74. The third kappa shape index (κ3) is 4.19. The highest BCUT2D eigenvalue weighted by Crippen LogP contribution is 2.32. The van der Waals surface area contributed by atoms with E-state index in [1.165, 1.54) is 5.56 Å². The van der Waals surface area contributed by atoms with E-state index < -0.39 is 5.41 Å². The molecule has 0 saturated carbocycles. The molecule has 1 heterocycles. The summed E-state index contributed by atoms with van der Waals surface area (Å²) in [6.07, 6.45) is 0. The highest BCUT2D eigenvalue weighted by molar-refractivity contribution is 5.98. The molecular formula is C24H29NO2. The van der Waals surface area contributed by atoms with Crippen LogP contribution in [-0.2, 0) is 16.8 Å². The minimum Gasteiger partial charge on any atom is -0.298 e. The van der Waals surface area contributed by atoms with Crippen molar-refractivity contribution in [2.45, 2.75) is 39.7 Å². The summed E-state index contributed by atoms with van der Waals surface area (Å²) < 4.78 is 0. The van der Waals surface area contributed by atoms with Crippen LogP contribution in [0.15, 0.2) is 54.6 Å². The number of carbonyl (C=O) groups excluding carboxylic acids is 2. The van der Waals surface area contributed by atoms with Crippen LogP contribution in [0.5, 0.6) is 0 Å². The van der Waals surface area contributed by atoms with Gasteiger partial charge in [0.05, 0.1) is 0 Å². The second-order valence-electron chi connectivity index (χ2n) is 8.47. The molecule has 0 unspecified atom stereocenters. The minimum absolute atomic E-state index is 0.0442. The van der Waals surface area contributed by atoms with Gasteiger partial charge in [0, 0.05) is 42.4 Å². The molecule has 1 fully saturated rings. The van der Waals surface area contributed by atoms with Crippen molar-refractivity contribution in [3.63, 3.8) is 0 Å². The smallest absolute Gasteiger partial charge is 0.165 e. The molecule has 1 aliphatic rings. The van der Waals surface area contributed by atoms with Crippen LogP contribution >= 0.6 is 0 Å². The van der Waals surface area contributed by atoms with Crippen LogP contribution in [0.4, 0.5) is 0 Å². The van der Waals surface area contributed by atoms with Crippen LogP contribution < -0.4 is 0 Å². The van der Waals surface area contributed by atoms with E-state index in [2.05, 4.69) is 17.0 Å². The lowest BCUT2D eigenvalue weighted by Gasteiger charge is -2.42. The Morgan fingerprint density at radius 2 is 1.70 bits per heavy atom. The van der Waals surface area contributed by atoms with Crippen molar-refractivity contribution >= 4 is 11.6 Å². The Labute approximate surface area is 162 Å². The van der Waals surface area contributed by atoms with Gasteiger partial charge in [-0.15, -0.1) is 0 Å². The van der Waals surface area contributed by atoms with Crippen molar-refractivity contribution in [3.05, 3.63) is 71.3 Å². The van der Waals surface area contributed by atoms with Crippen molar-refractivity contribution in [1.29, 1.82) is 0 Å². The summed E-state index contributed by atoms with van der Waals surface area (Å²) in [5, 5.41) is 0. The molecule has 0 aliphatic carbocycles. The maximum Gasteiger partial charge on any atom is 0.165 e. The van der Waals surface area contributed by atoms with Gasteiger partial charge in [-0.25, -0.2) is 0 Å². The zero-order chi connectivity index (χ0) is 19.6. The molecule has 2 aromatic rings. The summed E-state index contributed by atoms with van der Waals surface area (Å²) in [6.45, 7) is 10.3. The number of nitrogens with zero attached hydrogens (tertiary/aromatic N) is 1. The van der Waals surface area contributed by atoms with Gasteiger partial charge < -0.3 is 0 Å². The molecule has 1 aliphatic heterocycles. The standard InChI is InChI=1S/C24H29NO2/c1-17(2)22(26)19-11-8-12-21(13-19)24(3,4)23(27)20-15-25(16-20)14-18-9-6-5-7-10-18/h5-13,17,20H,14-16H2,1-4H3. The van der Waals surface area contributed by atoms with Gasteiger partial charge in [-0.05, 0) is 31.0 Å². The summed E-state index contributed by atoms with van der Waals surface area (Å²) in [5.41, 5.74) is 2.32. The van der Waals surface area contributed by atoms with Crippen LogP contribution in [0.1, 0.15) is 49.2 Å². The molecule has 3 heteroatoms. The average molecular weight is 364 g/mol. The van der Waals surface area contributed by atoms with Gasteiger partial charge in [-0.3, -0.25) is 14.5 Å². The molecule has 0 bridgehead atoms. The van der Waals surface area contributed by atoms with Gasteiger partial charge in [0.1, 0.15) is 5.78 Å². The largest absolute Gasteiger partial charge is 0.298 e. The molecule has 3 nitrogen and oxygen atoms in total. The Bertz CT molecular complexity index is 817. The highest BCUT2D eigenvalue weighted by Gasteiger charge is 2.41. The lowest BCUT2D eigenvalue weighted by Crippen LogP contribution is -2.53. The third-order valence-electron chi connectivity index (χ3n) is 5.59. The van der Waals surface area contributed by atoms with E-state index in [-0.39, 0.29) is 23.4 Å². The lowest BCUT2D eigenvalue weighted by atomic mass is 9.73. The summed E-state index contributed by atoms with van der Waals surface area (Å²) in [7, 11) is 0. The number of benzene rings is 2. The van der Waals surface area contributed by atoms with E-state index in [1.54, 1.807) is 0 Å². The first kappa shape index (κ1) is 19.5. The van der Waals surface area contributed by atoms with E-state index in [0.717, 1.165) is 25.2 Å². The molecule has 27 heavy (non-hydrogen) atoms. The quantitative estimate of drug-likeness (QED) is 0.680. The maximum absolute atomic E-state index is 13.1. The molecule has 1 saturated heterocycles. The summed E-state index contributed by atoms with van der Waals surface area (Å²) in [4.78, 5) is 27.8. The number of hydrogen-bond donors (Lipinski definition) is 0. The molecule has 142 valence electrons. The van der Waals surface area contributed by atoms with E-state index >= 15 is 0 Å². The zero-order valence-electron chi connectivity index (χ0n) is 16.7. The Kier molecular flexibility index (Phi) is 5.61. The van der Waals surface area contributed by atoms with Crippen LogP contribution in [0, 0.1) is 11.8 Å². The Morgan fingerprint density at radius 3 is 2.33 bits per heavy atom. The molecular weight excluding hydrogens is 334 g/mol. The maximum atomic E-state index is 13.1. The van der Waals surface area contributed by atoms with Gasteiger partial charge >= 0.3 is 0 Å². The third-order valence-corrected chi connectivity index (χ3v) is 5.59. The second kappa shape index (κ2) is 7.77. The zero-order valence-corrected chi connectivity index (χ0v) is 16.7.